The molecule has 0 radical (unpaired) electrons. The molecule has 0 bridgehead atoms. The number of amides is 1. The van der Waals surface area contributed by atoms with Crippen LogP contribution in [0.25, 0.3) is 5.82 Å². The van der Waals surface area contributed by atoms with E-state index in [1.54, 1.807) is 17.1 Å². The fourth-order valence-electron chi connectivity index (χ4n) is 2.34. The second kappa shape index (κ2) is 6.05. The molecule has 0 aliphatic carbocycles. The predicted molar refractivity (Wildman–Crippen MR) is 77.4 cm³/mol. The van der Waals surface area contributed by atoms with Crippen LogP contribution in [0, 0.1) is 6.92 Å². The number of nitrogens with zero attached hydrogens (tertiary/aromatic N) is 3. The fraction of sp³-hybridized carbons (Fsp3) is 0.400. The molecule has 1 amide bonds. The average molecular weight is 286 g/mol. The Kier molecular flexibility index (Phi) is 3.96. The molecule has 110 valence electrons. The first-order chi connectivity index (χ1) is 10.2. The molecule has 1 saturated heterocycles. The highest BCUT2D eigenvalue weighted by atomic mass is 16.5. The summed E-state index contributed by atoms with van der Waals surface area (Å²) in [7, 11) is 0. The first-order valence-electron chi connectivity index (χ1n) is 7.10. The third-order valence-electron chi connectivity index (χ3n) is 3.47. The lowest BCUT2D eigenvalue weighted by Crippen LogP contribution is -2.31. The van der Waals surface area contributed by atoms with Gasteiger partial charge >= 0.3 is 0 Å². The number of ether oxygens (including phenoxy) is 1. The molecular formula is C15H18N4O2. The molecule has 1 fully saturated rings. The number of carbonyl (C=O) groups excluding carboxylic acids is 1. The van der Waals surface area contributed by atoms with Crippen molar-refractivity contribution < 1.29 is 9.53 Å². The normalized spacial score (nSPS) is 17.9. The first kappa shape index (κ1) is 13.8. The van der Waals surface area contributed by atoms with Crippen LogP contribution in [0.2, 0.25) is 0 Å². The Bertz CT molecular complexity index is 632. The van der Waals surface area contributed by atoms with Crippen LogP contribution in [0.1, 0.15) is 29.0 Å². The first-order valence-corrected chi connectivity index (χ1v) is 7.10. The Hall–Kier alpha value is -2.21. The van der Waals surface area contributed by atoms with Crippen LogP contribution in [0.15, 0.2) is 30.7 Å². The second-order valence-electron chi connectivity index (χ2n) is 5.15. The molecule has 6 nitrogen and oxygen atoms in total. The molecule has 3 rings (SSSR count). The van der Waals surface area contributed by atoms with E-state index in [9.17, 15) is 4.79 Å². The number of carbonyl (C=O) groups is 1. The van der Waals surface area contributed by atoms with Crippen molar-refractivity contribution in [1.82, 2.24) is 19.9 Å². The van der Waals surface area contributed by atoms with Crippen LogP contribution in [0.5, 0.6) is 0 Å². The maximum atomic E-state index is 12.1. The zero-order valence-electron chi connectivity index (χ0n) is 12.0. The minimum absolute atomic E-state index is 0.134. The molecule has 0 saturated carbocycles. The summed E-state index contributed by atoms with van der Waals surface area (Å²) in [5, 5.41) is 2.86. The molecule has 1 N–H and O–H groups in total. The van der Waals surface area contributed by atoms with Crippen LogP contribution >= 0.6 is 0 Å². The molecule has 0 unspecified atom stereocenters. The van der Waals surface area contributed by atoms with E-state index in [0.29, 0.717) is 12.2 Å². The molecule has 1 aliphatic rings. The highest BCUT2D eigenvalue weighted by Gasteiger charge is 2.17. The van der Waals surface area contributed by atoms with E-state index in [1.165, 1.54) is 0 Å². The number of aryl methyl sites for hydroxylation is 1. The highest BCUT2D eigenvalue weighted by molar-refractivity contribution is 5.92. The number of rotatable bonds is 4. The minimum atomic E-state index is -0.183. The van der Waals surface area contributed by atoms with Gasteiger partial charge in [-0.15, -0.1) is 0 Å². The third-order valence-corrected chi connectivity index (χ3v) is 3.47. The maximum Gasteiger partial charge on any atom is 0.271 e. The Balaban J connectivity index is 1.65. The monoisotopic (exact) mass is 286 g/mol. The highest BCUT2D eigenvalue weighted by Crippen LogP contribution is 2.11. The second-order valence-corrected chi connectivity index (χ2v) is 5.15. The lowest BCUT2D eigenvalue weighted by molar-refractivity contribution is 0.0854. The quantitative estimate of drug-likeness (QED) is 0.924. The Morgan fingerprint density at radius 1 is 1.52 bits per heavy atom. The van der Waals surface area contributed by atoms with E-state index < -0.39 is 0 Å². The largest absolute Gasteiger partial charge is 0.376 e. The number of aromatic nitrogens is 3. The van der Waals surface area contributed by atoms with Crippen LogP contribution in [-0.2, 0) is 4.74 Å². The van der Waals surface area contributed by atoms with Gasteiger partial charge in [-0.2, -0.15) is 0 Å². The lowest BCUT2D eigenvalue weighted by Gasteiger charge is -2.09. The molecule has 2 aromatic rings. The van der Waals surface area contributed by atoms with Crippen molar-refractivity contribution in [2.75, 3.05) is 13.2 Å². The standard InChI is InChI=1S/C15H18N4O2/c1-11-4-2-6-14(18-11)19-9-13(17-10-19)15(20)16-8-12-5-3-7-21-12/h2,4,6,9-10,12H,3,5,7-8H2,1H3,(H,16,20)/t12-/m1/s1. The van der Waals surface area contributed by atoms with Crippen molar-refractivity contribution in [3.8, 4) is 5.82 Å². The van der Waals surface area contributed by atoms with Gasteiger partial charge in [-0.3, -0.25) is 9.36 Å². The van der Waals surface area contributed by atoms with Crippen molar-refractivity contribution in [3.05, 3.63) is 42.1 Å². The van der Waals surface area contributed by atoms with Crippen molar-refractivity contribution in [2.45, 2.75) is 25.9 Å². The van der Waals surface area contributed by atoms with Gasteiger partial charge in [0.1, 0.15) is 17.8 Å². The van der Waals surface area contributed by atoms with Gasteiger partial charge in [-0.25, -0.2) is 9.97 Å². The van der Waals surface area contributed by atoms with Gasteiger partial charge in [-0.05, 0) is 31.9 Å². The molecule has 21 heavy (non-hydrogen) atoms. The van der Waals surface area contributed by atoms with Gasteiger partial charge in [0.2, 0.25) is 0 Å². The zero-order chi connectivity index (χ0) is 14.7. The summed E-state index contributed by atoms with van der Waals surface area (Å²) < 4.78 is 7.22. The van der Waals surface area contributed by atoms with E-state index >= 15 is 0 Å². The predicted octanol–water partition coefficient (Wildman–Crippen LogP) is 1.48. The van der Waals surface area contributed by atoms with Gasteiger partial charge in [0.05, 0.1) is 6.10 Å². The van der Waals surface area contributed by atoms with E-state index in [1.807, 2.05) is 25.1 Å². The summed E-state index contributed by atoms with van der Waals surface area (Å²) >= 11 is 0. The molecule has 1 atom stereocenters. The van der Waals surface area contributed by atoms with Crippen molar-refractivity contribution in [2.24, 2.45) is 0 Å². The van der Waals surface area contributed by atoms with E-state index in [4.69, 9.17) is 4.74 Å². The Morgan fingerprint density at radius 2 is 2.43 bits per heavy atom. The topological polar surface area (TPSA) is 69.0 Å². The fourth-order valence-corrected chi connectivity index (χ4v) is 2.34. The summed E-state index contributed by atoms with van der Waals surface area (Å²) in [5.41, 5.74) is 1.31. The molecular weight excluding hydrogens is 268 g/mol. The van der Waals surface area contributed by atoms with Crippen LogP contribution in [0.4, 0.5) is 0 Å². The molecule has 3 heterocycles. The van der Waals surface area contributed by atoms with E-state index in [2.05, 4.69) is 15.3 Å². The van der Waals surface area contributed by atoms with Crippen molar-refractivity contribution in [1.29, 1.82) is 0 Å². The summed E-state index contributed by atoms with van der Waals surface area (Å²) in [6, 6.07) is 5.73. The van der Waals surface area contributed by atoms with E-state index in [-0.39, 0.29) is 12.0 Å². The van der Waals surface area contributed by atoms with Crippen LogP contribution < -0.4 is 5.32 Å². The molecule has 2 aromatic heterocycles. The van der Waals surface area contributed by atoms with Crippen molar-refractivity contribution in [3.63, 3.8) is 0 Å². The number of hydrogen-bond acceptors (Lipinski definition) is 4. The average Bonchev–Trinajstić information content (AvgIpc) is 3.16. The van der Waals surface area contributed by atoms with Crippen LogP contribution in [0.3, 0.4) is 0 Å². The summed E-state index contributed by atoms with van der Waals surface area (Å²) in [6.07, 6.45) is 5.49. The third kappa shape index (κ3) is 3.28. The maximum absolute atomic E-state index is 12.1. The van der Waals surface area contributed by atoms with Gasteiger partial charge in [-0.1, -0.05) is 6.07 Å². The van der Waals surface area contributed by atoms with Gasteiger partial charge in [0.15, 0.2) is 0 Å². The molecule has 0 spiro atoms. The number of pyridine rings is 1. The summed E-state index contributed by atoms with van der Waals surface area (Å²) in [5.74, 6) is 0.567. The zero-order valence-corrected chi connectivity index (χ0v) is 12.0. The number of imidazole rings is 1. The van der Waals surface area contributed by atoms with E-state index in [0.717, 1.165) is 31.0 Å². The SMILES string of the molecule is Cc1cccc(-n2cnc(C(=O)NC[C@H]3CCCO3)c2)n1. The van der Waals surface area contributed by atoms with Gasteiger partial charge < -0.3 is 10.1 Å². The number of nitrogens with one attached hydrogen (secondary N) is 1. The van der Waals surface area contributed by atoms with Gasteiger partial charge in [0, 0.05) is 25.0 Å². The lowest BCUT2D eigenvalue weighted by atomic mass is 10.2. The molecule has 0 aromatic carbocycles. The summed E-state index contributed by atoms with van der Waals surface area (Å²) in [6.45, 7) is 3.25. The number of hydrogen-bond donors (Lipinski definition) is 1. The molecule has 6 heteroatoms. The smallest absolute Gasteiger partial charge is 0.271 e. The Morgan fingerprint density at radius 3 is 3.19 bits per heavy atom. The summed E-state index contributed by atoms with van der Waals surface area (Å²) in [4.78, 5) is 20.6. The van der Waals surface area contributed by atoms with Gasteiger partial charge in [0.25, 0.3) is 5.91 Å². The van der Waals surface area contributed by atoms with Crippen LogP contribution in [-0.4, -0.2) is 39.7 Å². The van der Waals surface area contributed by atoms with Crippen molar-refractivity contribution >= 4 is 5.91 Å². The Labute approximate surface area is 123 Å². The molecule has 1 aliphatic heterocycles. The minimum Gasteiger partial charge on any atom is -0.376 e.